The van der Waals surface area contributed by atoms with E-state index in [0.717, 1.165) is 17.4 Å². The highest BCUT2D eigenvalue weighted by molar-refractivity contribution is 8.13. The molecule has 3 heteroatoms. The van der Waals surface area contributed by atoms with Crippen LogP contribution in [0.1, 0.15) is 6.92 Å². The molecule has 0 aromatic carbocycles. The molecular weight excluding hydrogens is 110 g/mol. The molecule has 0 aromatic rings. The Hall–Kier alpha value is -0.180. The molecule has 1 rings (SSSR count). The topological polar surface area (TPSA) is 21.6 Å². The van der Waals surface area contributed by atoms with E-state index in [4.69, 9.17) is 4.84 Å². The number of hydrogen-bond donors (Lipinski definition) is 0. The Morgan fingerprint density at radius 2 is 2.71 bits per heavy atom. The molecule has 1 aliphatic rings. The van der Waals surface area contributed by atoms with Gasteiger partial charge in [0.2, 0.25) is 0 Å². The average Bonchev–Trinajstić information content (AvgIpc) is 1.69. The van der Waals surface area contributed by atoms with Crippen LogP contribution in [0.25, 0.3) is 0 Å². The summed E-state index contributed by atoms with van der Waals surface area (Å²) in [6.07, 6.45) is 0. The van der Waals surface area contributed by atoms with Crippen molar-refractivity contribution in [3.63, 3.8) is 0 Å². The van der Waals surface area contributed by atoms with Gasteiger partial charge in [-0.25, -0.2) is 0 Å². The van der Waals surface area contributed by atoms with Crippen LogP contribution in [-0.2, 0) is 4.84 Å². The van der Waals surface area contributed by atoms with Crippen molar-refractivity contribution in [1.29, 1.82) is 0 Å². The molecule has 0 aromatic heterocycles. The van der Waals surface area contributed by atoms with Gasteiger partial charge in [0.1, 0.15) is 11.7 Å². The first-order chi connectivity index (χ1) is 3.39. The third-order valence-corrected chi connectivity index (χ3v) is 1.54. The van der Waals surface area contributed by atoms with E-state index in [9.17, 15) is 0 Å². The van der Waals surface area contributed by atoms with Gasteiger partial charge in [0.15, 0.2) is 0 Å². The van der Waals surface area contributed by atoms with Crippen molar-refractivity contribution < 1.29 is 4.84 Å². The van der Waals surface area contributed by atoms with E-state index in [0.29, 0.717) is 0 Å². The largest absolute Gasteiger partial charge is 0.394 e. The molecule has 7 heavy (non-hydrogen) atoms. The second kappa shape index (κ2) is 2.21. The predicted molar refractivity (Wildman–Crippen MR) is 31.5 cm³/mol. The van der Waals surface area contributed by atoms with Gasteiger partial charge < -0.3 is 4.84 Å². The van der Waals surface area contributed by atoms with Gasteiger partial charge in [-0.15, -0.1) is 11.8 Å². The standard InChI is InChI=1S/C4H7NOS/c1-4-5-6-2-3-7-4/h2-3H2,1H3. The van der Waals surface area contributed by atoms with Crippen molar-refractivity contribution in [3.8, 4) is 0 Å². The first-order valence-corrected chi connectivity index (χ1v) is 3.17. The highest BCUT2D eigenvalue weighted by Gasteiger charge is 1.98. The van der Waals surface area contributed by atoms with Gasteiger partial charge in [0.25, 0.3) is 0 Å². The van der Waals surface area contributed by atoms with Gasteiger partial charge in [0, 0.05) is 5.75 Å². The predicted octanol–water partition coefficient (Wildman–Crippen LogP) is 1.08. The van der Waals surface area contributed by atoms with Crippen LogP contribution in [0.3, 0.4) is 0 Å². The first-order valence-electron chi connectivity index (χ1n) is 2.19. The Morgan fingerprint density at radius 3 is 3.00 bits per heavy atom. The van der Waals surface area contributed by atoms with E-state index in [1.54, 1.807) is 11.8 Å². The zero-order valence-electron chi connectivity index (χ0n) is 4.18. The van der Waals surface area contributed by atoms with Gasteiger partial charge in [-0.2, -0.15) is 0 Å². The van der Waals surface area contributed by atoms with Crippen molar-refractivity contribution >= 4 is 16.8 Å². The summed E-state index contributed by atoms with van der Waals surface area (Å²) in [6.45, 7) is 2.71. The Kier molecular flexibility index (Phi) is 1.57. The molecule has 0 bridgehead atoms. The van der Waals surface area contributed by atoms with Gasteiger partial charge in [-0.05, 0) is 6.92 Å². The van der Waals surface area contributed by atoms with Crippen LogP contribution >= 0.6 is 11.8 Å². The normalized spacial score (nSPS) is 20.4. The van der Waals surface area contributed by atoms with E-state index in [1.165, 1.54) is 0 Å². The van der Waals surface area contributed by atoms with Gasteiger partial charge >= 0.3 is 0 Å². The lowest BCUT2D eigenvalue weighted by Crippen LogP contribution is -2.02. The minimum Gasteiger partial charge on any atom is -0.394 e. The van der Waals surface area contributed by atoms with E-state index in [-0.39, 0.29) is 0 Å². The monoisotopic (exact) mass is 117 g/mol. The molecule has 0 N–H and O–H groups in total. The van der Waals surface area contributed by atoms with Gasteiger partial charge in [0.05, 0.1) is 0 Å². The fourth-order valence-corrected chi connectivity index (χ4v) is 0.948. The summed E-state index contributed by atoms with van der Waals surface area (Å²) < 4.78 is 0. The highest BCUT2D eigenvalue weighted by atomic mass is 32.2. The third-order valence-electron chi connectivity index (χ3n) is 0.679. The quantitative estimate of drug-likeness (QED) is 0.473. The maximum atomic E-state index is 4.75. The van der Waals surface area contributed by atoms with Crippen LogP contribution in [0.4, 0.5) is 0 Å². The molecule has 0 atom stereocenters. The van der Waals surface area contributed by atoms with Crippen molar-refractivity contribution in [2.24, 2.45) is 5.16 Å². The Balaban J connectivity index is 2.40. The number of nitrogens with zero attached hydrogens (tertiary/aromatic N) is 1. The summed E-state index contributed by atoms with van der Waals surface area (Å²) in [5, 5.41) is 4.74. The summed E-state index contributed by atoms with van der Waals surface area (Å²) in [6, 6.07) is 0. The summed E-state index contributed by atoms with van der Waals surface area (Å²) in [7, 11) is 0. The second-order valence-electron chi connectivity index (χ2n) is 1.29. The molecule has 0 saturated carbocycles. The molecule has 1 aliphatic heterocycles. The second-order valence-corrected chi connectivity index (χ2v) is 2.58. The smallest absolute Gasteiger partial charge is 0.126 e. The molecule has 0 aliphatic carbocycles. The summed E-state index contributed by atoms with van der Waals surface area (Å²) in [5.74, 6) is 1.05. The zero-order valence-corrected chi connectivity index (χ0v) is 4.99. The van der Waals surface area contributed by atoms with Crippen LogP contribution in [-0.4, -0.2) is 17.4 Å². The van der Waals surface area contributed by atoms with Crippen molar-refractivity contribution in [1.82, 2.24) is 0 Å². The molecule has 40 valence electrons. The summed E-state index contributed by atoms with van der Waals surface area (Å²) >= 11 is 1.74. The molecule has 0 fully saturated rings. The molecule has 0 amide bonds. The molecule has 0 saturated heterocycles. The van der Waals surface area contributed by atoms with E-state index < -0.39 is 0 Å². The fourth-order valence-electron chi connectivity index (χ4n) is 0.390. The first kappa shape index (κ1) is 4.97. The Bertz CT molecular complexity index is 91.7. The van der Waals surface area contributed by atoms with E-state index in [2.05, 4.69) is 5.16 Å². The fraction of sp³-hybridized carbons (Fsp3) is 0.750. The minimum absolute atomic E-state index is 0.766. The Labute approximate surface area is 46.9 Å². The van der Waals surface area contributed by atoms with Crippen molar-refractivity contribution in [3.05, 3.63) is 0 Å². The maximum Gasteiger partial charge on any atom is 0.126 e. The van der Waals surface area contributed by atoms with Crippen LogP contribution in [0.5, 0.6) is 0 Å². The SMILES string of the molecule is CC1=NOCCS1. The van der Waals surface area contributed by atoms with Crippen LogP contribution in [0, 0.1) is 0 Å². The van der Waals surface area contributed by atoms with E-state index in [1.807, 2.05) is 6.92 Å². The van der Waals surface area contributed by atoms with E-state index >= 15 is 0 Å². The molecule has 0 radical (unpaired) electrons. The molecule has 1 heterocycles. The number of thioether (sulfide) groups is 1. The molecule has 0 spiro atoms. The lowest BCUT2D eigenvalue weighted by molar-refractivity contribution is 0.160. The summed E-state index contributed by atoms with van der Waals surface area (Å²) in [4.78, 5) is 4.75. The number of rotatable bonds is 0. The lowest BCUT2D eigenvalue weighted by Gasteiger charge is -2.05. The average molecular weight is 117 g/mol. The lowest BCUT2D eigenvalue weighted by atomic mass is 10.8. The van der Waals surface area contributed by atoms with Gasteiger partial charge in [-0.1, -0.05) is 5.16 Å². The highest BCUT2D eigenvalue weighted by Crippen LogP contribution is 2.07. The minimum atomic E-state index is 0.766. The summed E-state index contributed by atoms with van der Waals surface area (Å²) in [5.41, 5.74) is 0. The van der Waals surface area contributed by atoms with Crippen molar-refractivity contribution in [2.75, 3.05) is 12.4 Å². The molecule has 0 unspecified atom stereocenters. The number of hydrogen-bond acceptors (Lipinski definition) is 3. The van der Waals surface area contributed by atoms with Crippen LogP contribution in [0.2, 0.25) is 0 Å². The van der Waals surface area contributed by atoms with Crippen LogP contribution < -0.4 is 0 Å². The molecular formula is C4H7NOS. The zero-order chi connectivity index (χ0) is 5.11. The van der Waals surface area contributed by atoms with Crippen LogP contribution in [0.15, 0.2) is 5.16 Å². The molecule has 2 nitrogen and oxygen atoms in total. The Morgan fingerprint density at radius 1 is 1.86 bits per heavy atom. The third kappa shape index (κ3) is 1.39. The van der Waals surface area contributed by atoms with Crippen molar-refractivity contribution in [2.45, 2.75) is 6.92 Å². The van der Waals surface area contributed by atoms with Gasteiger partial charge in [-0.3, -0.25) is 0 Å². The number of oxime groups is 1. The maximum absolute atomic E-state index is 4.75.